The largest absolute Gasteiger partial charge is 0.507 e. The minimum atomic E-state index is -0.741. The number of aromatic hydroxyl groups is 1. The summed E-state index contributed by atoms with van der Waals surface area (Å²) in [5.41, 5.74) is 0.589. The molecule has 0 unspecified atom stereocenters. The monoisotopic (exact) mass is 415 g/mol. The fourth-order valence-corrected chi connectivity index (χ4v) is 3.59. The lowest BCUT2D eigenvalue weighted by Crippen LogP contribution is -2.12. The molecule has 8 heteroatoms. The number of hydrogen-bond acceptors (Lipinski definition) is 7. The number of aliphatic hydroxyl groups is 1. The average Bonchev–Trinajstić information content (AvgIpc) is 2.98. The number of carbonyl (C=O) groups excluding carboxylic acids is 1. The molecular weight excluding hydrogens is 397 g/mol. The Kier molecular flexibility index (Phi) is 6.23. The maximum atomic E-state index is 13.5. The molecule has 150 valence electrons. The van der Waals surface area contributed by atoms with Crippen molar-refractivity contribution in [1.82, 2.24) is 0 Å². The Morgan fingerprint density at radius 1 is 1.24 bits per heavy atom. The molecule has 1 aliphatic heterocycles. The Hall–Kier alpha value is -3.26. The van der Waals surface area contributed by atoms with Crippen LogP contribution in [0.15, 0.2) is 63.7 Å². The van der Waals surface area contributed by atoms with E-state index >= 15 is 0 Å². The van der Waals surface area contributed by atoms with Gasteiger partial charge >= 0.3 is 5.97 Å². The van der Waals surface area contributed by atoms with Gasteiger partial charge in [0.15, 0.2) is 0 Å². The van der Waals surface area contributed by atoms with Gasteiger partial charge in [-0.25, -0.2) is 14.2 Å². The van der Waals surface area contributed by atoms with Crippen molar-refractivity contribution in [3.8, 4) is 11.5 Å². The molecule has 1 heterocycles. The Bertz CT molecular complexity index is 1050. The van der Waals surface area contributed by atoms with Crippen LogP contribution in [-0.4, -0.2) is 34.9 Å². The number of aliphatic imine (C=N–C) groups is 1. The number of thioether (sulfide) groups is 1. The number of methoxy groups -OCH3 is 1. The fourth-order valence-electron chi connectivity index (χ4n) is 2.57. The molecule has 0 aliphatic carbocycles. The van der Waals surface area contributed by atoms with E-state index in [0.29, 0.717) is 16.2 Å². The van der Waals surface area contributed by atoms with Crippen molar-refractivity contribution in [2.24, 2.45) is 4.99 Å². The average molecular weight is 415 g/mol. The molecule has 2 N–H and O–H groups in total. The normalized spacial score (nSPS) is 16.5. The first-order valence-corrected chi connectivity index (χ1v) is 9.46. The molecule has 0 bridgehead atoms. The highest BCUT2D eigenvalue weighted by molar-refractivity contribution is 8.18. The van der Waals surface area contributed by atoms with Crippen LogP contribution in [0.1, 0.15) is 12.5 Å². The van der Waals surface area contributed by atoms with Crippen LogP contribution in [0.2, 0.25) is 0 Å². The summed E-state index contributed by atoms with van der Waals surface area (Å²) in [7, 11) is 1.48. The lowest BCUT2D eigenvalue weighted by Gasteiger charge is -2.04. The molecular formula is C21H18FNO5S. The second kappa shape index (κ2) is 8.83. The first-order chi connectivity index (χ1) is 13.9. The zero-order valence-corrected chi connectivity index (χ0v) is 16.5. The molecule has 6 nitrogen and oxygen atoms in total. The first-order valence-electron chi connectivity index (χ1n) is 8.64. The standard InChI is InChI=1S/C21H18FNO5S/c1-3-28-21(26)18-19(25)17(9-12-7-8-15(27-2)11-16(12)24)29-20(18)23-14-6-4-5-13(22)10-14/h4-11,24-25H,3H2,1-2H3/b17-9+,23-20?. The van der Waals surface area contributed by atoms with Crippen molar-refractivity contribution in [3.63, 3.8) is 0 Å². The van der Waals surface area contributed by atoms with Crippen molar-refractivity contribution in [3.05, 3.63) is 70.1 Å². The number of phenols is 1. The molecule has 29 heavy (non-hydrogen) atoms. The summed E-state index contributed by atoms with van der Waals surface area (Å²) < 4.78 is 23.6. The minimum absolute atomic E-state index is 0.0570. The zero-order chi connectivity index (χ0) is 21.0. The van der Waals surface area contributed by atoms with E-state index in [2.05, 4.69) is 4.99 Å². The van der Waals surface area contributed by atoms with Gasteiger partial charge in [0, 0.05) is 11.6 Å². The van der Waals surface area contributed by atoms with Crippen molar-refractivity contribution in [2.45, 2.75) is 6.92 Å². The molecule has 2 aromatic carbocycles. The van der Waals surface area contributed by atoms with Crippen LogP contribution in [0, 0.1) is 5.82 Å². The second-order valence-electron chi connectivity index (χ2n) is 5.88. The molecule has 0 amide bonds. The highest BCUT2D eigenvalue weighted by atomic mass is 32.2. The van der Waals surface area contributed by atoms with E-state index in [9.17, 15) is 19.4 Å². The molecule has 0 spiro atoms. The second-order valence-corrected chi connectivity index (χ2v) is 6.91. The van der Waals surface area contributed by atoms with Gasteiger partial charge in [0.2, 0.25) is 0 Å². The maximum absolute atomic E-state index is 13.5. The lowest BCUT2D eigenvalue weighted by molar-refractivity contribution is -0.138. The number of ether oxygens (including phenoxy) is 2. The highest BCUT2D eigenvalue weighted by Crippen LogP contribution is 2.41. The summed E-state index contributed by atoms with van der Waals surface area (Å²) in [6, 6.07) is 10.3. The zero-order valence-electron chi connectivity index (χ0n) is 15.7. The first kappa shape index (κ1) is 20.5. The SMILES string of the molecule is CCOC(=O)C1=C(O)/C(=C\c2ccc(OC)cc2O)SC1=Nc1cccc(F)c1. The summed E-state index contributed by atoms with van der Waals surface area (Å²) in [5.74, 6) is -1.11. The van der Waals surface area contributed by atoms with Gasteiger partial charge in [-0.2, -0.15) is 0 Å². The third-order valence-electron chi connectivity index (χ3n) is 3.93. The number of rotatable bonds is 5. The van der Waals surface area contributed by atoms with E-state index in [1.54, 1.807) is 25.1 Å². The molecule has 0 fully saturated rings. The molecule has 0 saturated carbocycles. The number of aliphatic hydroxyl groups excluding tert-OH is 1. The van der Waals surface area contributed by atoms with E-state index in [0.717, 1.165) is 11.8 Å². The lowest BCUT2D eigenvalue weighted by atomic mass is 10.1. The Morgan fingerprint density at radius 2 is 2.03 bits per heavy atom. The molecule has 2 aromatic rings. The Labute approximate surface area is 171 Å². The number of halogens is 1. The van der Waals surface area contributed by atoms with E-state index in [1.165, 1.54) is 37.5 Å². The minimum Gasteiger partial charge on any atom is -0.507 e. The van der Waals surface area contributed by atoms with Gasteiger partial charge in [-0.1, -0.05) is 17.8 Å². The smallest absolute Gasteiger partial charge is 0.344 e. The number of carbonyl (C=O) groups is 1. The van der Waals surface area contributed by atoms with Crippen LogP contribution in [0.5, 0.6) is 11.5 Å². The molecule has 0 radical (unpaired) electrons. The maximum Gasteiger partial charge on any atom is 0.344 e. The van der Waals surface area contributed by atoms with Gasteiger partial charge in [0.25, 0.3) is 0 Å². The number of nitrogens with zero attached hydrogens (tertiary/aromatic N) is 1. The molecule has 0 saturated heterocycles. The molecule has 1 aliphatic rings. The van der Waals surface area contributed by atoms with Crippen LogP contribution in [0.25, 0.3) is 6.08 Å². The van der Waals surface area contributed by atoms with E-state index < -0.39 is 11.8 Å². The van der Waals surface area contributed by atoms with Crippen LogP contribution in [0.4, 0.5) is 10.1 Å². The fraction of sp³-hybridized carbons (Fsp3) is 0.143. The number of esters is 1. The Balaban J connectivity index is 2.05. The molecule has 3 rings (SSSR count). The highest BCUT2D eigenvalue weighted by Gasteiger charge is 2.33. The van der Waals surface area contributed by atoms with Gasteiger partial charge in [-0.05, 0) is 43.3 Å². The van der Waals surface area contributed by atoms with Gasteiger partial charge in [-0.3, -0.25) is 0 Å². The quantitative estimate of drug-likeness (QED) is 0.686. The summed E-state index contributed by atoms with van der Waals surface area (Å²) in [6.45, 7) is 1.76. The molecule has 0 aromatic heterocycles. The van der Waals surface area contributed by atoms with Crippen LogP contribution < -0.4 is 4.74 Å². The van der Waals surface area contributed by atoms with Gasteiger partial charge in [0.05, 0.1) is 24.3 Å². The van der Waals surface area contributed by atoms with Crippen LogP contribution in [-0.2, 0) is 9.53 Å². The van der Waals surface area contributed by atoms with E-state index in [1.807, 2.05) is 0 Å². The number of benzene rings is 2. The van der Waals surface area contributed by atoms with Crippen molar-refractivity contribution < 1.29 is 28.9 Å². The third-order valence-corrected chi connectivity index (χ3v) is 4.95. The van der Waals surface area contributed by atoms with E-state index in [4.69, 9.17) is 9.47 Å². The van der Waals surface area contributed by atoms with Gasteiger partial charge in [0.1, 0.15) is 33.7 Å². The van der Waals surface area contributed by atoms with Gasteiger partial charge < -0.3 is 19.7 Å². The topological polar surface area (TPSA) is 88.4 Å². The van der Waals surface area contributed by atoms with Gasteiger partial charge in [-0.15, -0.1) is 0 Å². The van der Waals surface area contributed by atoms with Crippen LogP contribution >= 0.6 is 11.8 Å². The molecule has 0 atom stereocenters. The summed E-state index contributed by atoms with van der Waals surface area (Å²) >= 11 is 1.02. The predicted octanol–water partition coefficient (Wildman–Crippen LogP) is 4.73. The Morgan fingerprint density at radius 3 is 2.69 bits per heavy atom. The number of phenolic OH excluding ortho intramolecular Hbond substituents is 1. The predicted molar refractivity (Wildman–Crippen MR) is 110 cm³/mol. The summed E-state index contributed by atoms with van der Waals surface area (Å²) in [6.07, 6.45) is 1.52. The van der Waals surface area contributed by atoms with Crippen molar-refractivity contribution >= 4 is 34.5 Å². The summed E-state index contributed by atoms with van der Waals surface area (Å²) in [5, 5.41) is 21.0. The summed E-state index contributed by atoms with van der Waals surface area (Å²) in [4.78, 5) is 17.0. The van der Waals surface area contributed by atoms with Crippen molar-refractivity contribution in [1.29, 1.82) is 0 Å². The van der Waals surface area contributed by atoms with Crippen LogP contribution in [0.3, 0.4) is 0 Å². The van der Waals surface area contributed by atoms with Crippen molar-refractivity contribution in [2.75, 3.05) is 13.7 Å². The van der Waals surface area contributed by atoms with E-state index in [-0.39, 0.29) is 34.4 Å². The third kappa shape index (κ3) is 4.60. The number of hydrogen-bond donors (Lipinski definition) is 2.